The zero-order chi connectivity index (χ0) is 16.4. The molecule has 4 atom stereocenters. The van der Waals surface area contributed by atoms with E-state index in [9.17, 15) is 4.79 Å². The standard InChI is InChI=1S/C19H34N2O2/c1-12(2)8-17-11-16(6-7-23-17)21-19(22)15-9-13-4-3-5-14(10-15)18(13)20/h12-18H,3-11,20H2,1-2H3,(H,21,22). The number of nitrogens with two attached hydrogens (primary N) is 1. The highest BCUT2D eigenvalue weighted by Crippen LogP contribution is 2.42. The maximum Gasteiger partial charge on any atom is 0.223 e. The molecule has 0 spiro atoms. The molecular weight excluding hydrogens is 288 g/mol. The average molecular weight is 322 g/mol. The van der Waals surface area contributed by atoms with Crippen molar-refractivity contribution < 1.29 is 9.53 Å². The first-order chi connectivity index (χ1) is 11.0. The van der Waals surface area contributed by atoms with Crippen molar-refractivity contribution in [2.45, 2.75) is 83.4 Å². The second-order valence-corrected chi connectivity index (χ2v) is 8.55. The second-order valence-electron chi connectivity index (χ2n) is 8.55. The molecule has 132 valence electrons. The molecule has 3 fully saturated rings. The van der Waals surface area contributed by atoms with Gasteiger partial charge in [0.25, 0.3) is 0 Å². The summed E-state index contributed by atoms with van der Waals surface area (Å²) in [6.45, 7) is 5.24. The summed E-state index contributed by atoms with van der Waals surface area (Å²) in [6, 6.07) is 0.641. The second kappa shape index (κ2) is 7.52. The number of carbonyl (C=O) groups excluding carboxylic acids is 1. The molecule has 0 aromatic carbocycles. The van der Waals surface area contributed by atoms with E-state index in [0.29, 0.717) is 35.9 Å². The van der Waals surface area contributed by atoms with Gasteiger partial charge in [0.15, 0.2) is 0 Å². The van der Waals surface area contributed by atoms with Gasteiger partial charge in [0.2, 0.25) is 5.91 Å². The van der Waals surface area contributed by atoms with E-state index in [1.54, 1.807) is 0 Å². The molecular formula is C19H34N2O2. The summed E-state index contributed by atoms with van der Waals surface area (Å²) in [5.41, 5.74) is 6.35. The summed E-state index contributed by atoms with van der Waals surface area (Å²) in [5.74, 6) is 2.26. The van der Waals surface area contributed by atoms with E-state index in [1.165, 1.54) is 19.3 Å². The number of hydrogen-bond donors (Lipinski definition) is 2. The average Bonchev–Trinajstić information content (AvgIpc) is 2.46. The van der Waals surface area contributed by atoms with Crippen molar-refractivity contribution >= 4 is 5.91 Å². The largest absolute Gasteiger partial charge is 0.378 e. The van der Waals surface area contributed by atoms with Crippen molar-refractivity contribution in [2.24, 2.45) is 29.4 Å². The first-order valence-electron chi connectivity index (χ1n) is 9.70. The van der Waals surface area contributed by atoms with Crippen molar-refractivity contribution in [2.75, 3.05) is 6.61 Å². The highest BCUT2D eigenvalue weighted by Gasteiger charge is 2.41. The third-order valence-corrected chi connectivity index (χ3v) is 6.23. The number of amides is 1. The Hall–Kier alpha value is -0.610. The van der Waals surface area contributed by atoms with E-state index in [0.717, 1.165) is 38.7 Å². The van der Waals surface area contributed by atoms with Gasteiger partial charge >= 0.3 is 0 Å². The van der Waals surface area contributed by atoms with Gasteiger partial charge in [-0.2, -0.15) is 0 Å². The van der Waals surface area contributed by atoms with Crippen LogP contribution in [0.2, 0.25) is 0 Å². The molecule has 3 rings (SSSR count). The summed E-state index contributed by atoms with van der Waals surface area (Å²) in [6.07, 6.45) is 9.08. The van der Waals surface area contributed by atoms with Crippen molar-refractivity contribution in [3.63, 3.8) is 0 Å². The number of ether oxygens (including phenoxy) is 1. The fourth-order valence-electron chi connectivity index (χ4n) is 5.02. The van der Waals surface area contributed by atoms with Crippen LogP contribution in [0.3, 0.4) is 0 Å². The molecule has 2 saturated carbocycles. The molecule has 4 nitrogen and oxygen atoms in total. The smallest absolute Gasteiger partial charge is 0.223 e. The van der Waals surface area contributed by atoms with E-state index in [2.05, 4.69) is 19.2 Å². The van der Waals surface area contributed by atoms with Crippen LogP contribution in [-0.2, 0) is 9.53 Å². The van der Waals surface area contributed by atoms with Crippen molar-refractivity contribution in [3.8, 4) is 0 Å². The van der Waals surface area contributed by atoms with Crippen molar-refractivity contribution in [1.29, 1.82) is 0 Å². The SMILES string of the molecule is CC(C)CC1CC(NC(=O)C2CC3CCCC(C2)C3N)CCO1. The molecule has 3 N–H and O–H groups in total. The Bertz CT molecular complexity index is 398. The van der Waals surface area contributed by atoms with Crippen LogP contribution < -0.4 is 11.1 Å². The molecule has 1 amide bonds. The van der Waals surface area contributed by atoms with Gasteiger partial charge in [-0.15, -0.1) is 0 Å². The van der Waals surface area contributed by atoms with Crippen LogP contribution in [0, 0.1) is 23.7 Å². The summed E-state index contributed by atoms with van der Waals surface area (Å²) in [7, 11) is 0. The first-order valence-corrected chi connectivity index (χ1v) is 9.70. The van der Waals surface area contributed by atoms with Crippen LogP contribution in [0.15, 0.2) is 0 Å². The monoisotopic (exact) mass is 322 g/mol. The quantitative estimate of drug-likeness (QED) is 0.836. The third-order valence-electron chi connectivity index (χ3n) is 6.23. The van der Waals surface area contributed by atoms with Crippen LogP contribution in [0.25, 0.3) is 0 Å². The van der Waals surface area contributed by atoms with E-state index >= 15 is 0 Å². The van der Waals surface area contributed by atoms with E-state index in [-0.39, 0.29) is 11.8 Å². The molecule has 1 saturated heterocycles. The lowest BCUT2D eigenvalue weighted by Gasteiger charge is -2.44. The number of nitrogens with one attached hydrogen (secondary N) is 1. The van der Waals surface area contributed by atoms with Gasteiger partial charge in [-0.25, -0.2) is 0 Å². The van der Waals surface area contributed by atoms with Gasteiger partial charge in [-0.05, 0) is 62.7 Å². The van der Waals surface area contributed by atoms with E-state index in [1.807, 2.05) is 0 Å². The number of carbonyl (C=O) groups is 1. The van der Waals surface area contributed by atoms with Crippen LogP contribution in [0.4, 0.5) is 0 Å². The molecule has 0 aromatic heterocycles. The Kier molecular flexibility index (Phi) is 5.63. The minimum Gasteiger partial charge on any atom is -0.378 e. The summed E-state index contributed by atoms with van der Waals surface area (Å²) >= 11 is 0. The van der Waals surface area contributed by atoms with Gasteiger partial charge in [0.05, 0.1) is 6.10 Å². The summed E-state index contributed by atoms with van der Waals surface area (Å²) in [4.78, 5) is 12.7. The van der Waals surface area contributed by atoms with Crippen LogP contribution in [0.5, 0.6) is 0 Å². The lowest BCUT2D eigenvalue weighted by atomic mass is 9.65. The molecule has 23 heavy (non-hydrogen) atoms. The predicted molar refractivity (Wildman–Crippen MR) is 91.9 cm³/mol. The maximum atomic E-state index is 12.7. The van der Waals surface area contributed by atoms with Crippen LogP contribution in [0.1, 0.15) is 65.2 Å². The lowest BCUT2D eigenvalue weighted by molar-refractivity contribution is -0.129. The molecule has 4 heteroatoms. The molecule has 0 aromatic rings. The van der Waals surface area contributed by atoms with E-state index in [4.69, 9.17) is 10.5 Å². The zero-order valence-electron chi connectivity index (χ0n) is 14.8. The predicted octanol–water partition coefficient (Wildman–Crippen LogP) is 2.85. The lowest BCUT2D eigenvalue weighted by Crippen LogP contribution is -2.51. The highest BCUT2D eigenvalue weighted by atomic mass is 16.5. The van der Waals surface area contributed by atoms with Crippen molar-refractivity contribution in [1.82, 2.24) is 5.32 Å². The number of fused-ring (bicyclic) bond motifs is 2. The molecule has 1 heterocycles. The Labute approximate surface area is 140 Å². The molecule has 2 bridgehead atoms. The topological polar surface area (TPSA) is 64.4 Å². The normalized spacial score (nSPS) is 40.9. The zero-order valence-corrected chi connectivity index (χ0v) is 14.8. The van der Waals surface area contributed by atoms with E-state index < -0.39 is 0 Å². The number of hydrogen-bond acceptors (Lipinski definition) is 3. The molecule has 1 aliphatic heterocycles. The molecule has 0 radical (unpaired) electrons. The molecule has 3 aliphatic rings. The van der Waals surface area contributed by atoms with Gasteiger partial charge < -0.3 is 15.8 Å². The molecule has 2 aliphatic carbocycles. The van der Waals surface area contributed by atoms with Gasteiger partial charge in [-0.1, -0.05) is 20.3 Å². The fraction of sp³-hybridized carbons (Fsp3) is 0.947. The summed E-state index contributed by atoms with van der Waals surface area (Å²) < 4.78 is 5.85. The van der Waals surface area contributed by atoms with Gasteiger partial charge in [-0.3, -0.25) is 4.79 Å². The Balaban J connectivity index is 1.51. The first kappa shape index (κ1) is 17.2. The fourth-order valence-corrected chi connectivity index (χ4v) is 5.02. The minimum atomic E-state index is 0.191. The van der Waals surface area contributed by atoms with Crippen LogP contribution in [-0.4, -0.2) is 30.7 Å². The summed E-state index contributed by atoms with van der Waals surface area (Å²) in [5, 5.41) is 3.34. The Morgan fingerprint density at radius 2 is 1.87 bits per heavy atom. The minimum absolute atomic E-state index is 0.191. The Morgan fingerprint density at radius 3 is 2.52 bits per heavy atom. The maximum absolute atomic E-state index is 12.7. The molecule has 4 unspecified atom stereocenters. The Morgan fingerprint density at radius 1 is 1.17 bits per heavy atom. The van der Waals surface area contributed by atoms with Crippen LogP contribution >= 0.6 is 0 Å². The van der Waals surface area contributed by atoms with Crippen molar-refractivity contribution in [3.05, 3.63) is 0 Å². The van der Waals surface area contributed by atoms with Gasteiger partial charge in [0, 0.05) is 24.6 Å². The third kappa shape index (κ3) is 4.27. The number of rotatable bonds is 4. The highest BCUT2D eigenvalue weighted by molar-refractivity contribution is 5.79. The van der Waals surface area contributed by atoms with Gasteiger partial charge in [0.1, 0.15) is 0 Å².